The Bertz CT molecular complexity index is 571. The van der Waals surface area contributed by atoms with E-state index in [-0.39, 0.29) is 12.0 Å². The fourth-order valence-corrected chi connectivity index (χ4v) is 1.60. The minimum absolute atomic E-state index is 0.222. The fourth-order valence-electron chi connectivity index (χ4n) is 1.60. The number of hydrogen-bond donors (Lipinski definition) is 3. The summed E-state index contributed by atoms with van der Waals surface area (Å²) in [4.78, 5) is 12.3. The lowest BCUT2D eigenvalue weighted by atomic mass is 10.5. The molecule has 0 amide bonds. The number of nitrogens with zero attached hydrogens (tertiary/aromatic N) is 6. The molecular weight excluding hydrogens is 274 g/mol. The zero-order valence-electron chi connectivity index (χ0n) is 12.1. The van der Waals surface area contributed by atoms with Gasteiger partial charge in [0.05, 0.1) is 13.2 Å². The summed E-state index contributed by atoms with van der Waals surface area (Å²) in [6, 6.07) is 0.222. The van der Waals surface area contributed by atoms with Crippen LogP contribution >= 0.6 is 0 Å². The molecule has 0 aliphatic rings. The van der Waals surface area contributed by atoms with Crippen LogP contribution in [0.3, 0.4) is 0 Å². The highest BCUT2D eigenvalue weighted by Crippen LogP contribution is 2.11. The van der Waals surface area contributed by atoms with Crippen LogP contribution < -0.4 is 21.3 Å². The third-order valence-electron chi connectivity index (χ3n) is 2.62. The third kappa shape index (κ3) is 3.99. The van der Waals surface area contributed by atoms with Crippen LogP contribution in [-0.4, -0.2) is 36.3 Å². The molecule has 0 saturated heterocycles. The van der Waals surface area contributed by atoms with Gasteiger partial charge in [0.2, 0.25) is 11.9 Å². The highest BCUT2D eigenvalue weighted by Gasteiger charge is 2.08. The Kier molecular flexibility index (Phi) is 5.21. The molecule has 4 N–H and O–H groups in total. The van der Waals surface area contributed by atoms with Crippen LogP contribution in [-0.2, 0) is 13.1 Å². The summed E-state index contributed by atoms with van der Waals surface area (Å²) in [7, 11) is 0. The van der Waals surface area contributed by atoms with E-state index in [1.165, 1.54) is 0 Å². The molecule has 10 heteroatoms. The van der Waals surface area contributed by atoms with Crippen molar-refractivity contribution in [1.82, 2.24) is 29.7 Å². The van der Waals surface area contributed by atoms with Crippen LogP contribution in [0.5, 0.6) is 6.01 Å². The second-order valence-corrected chi connectivity index (χ2v) is 4.14. The second kappa shape index (κ2) is 7.33. The molecule has 2 heterocycles. The number of nitrogens with one attached hydrogen (secondary N) is 2. The van der Waals surface area contributed by atoms with Crippen LogP contribution in [0.25, 0.3) is 0 Å². The number of nitrogens with two attached hydrogens (primary N) is 1. The van der Waals surface area contributed by atoms with Gasteiger partial charge in [0.15, 0.2) is 5.82 Å². The van der Waals surface area contributed by atoms with Gasteiger partial charge in [0, 0.05) is 6.54 Å². The smallest absolute Gasteiger partial charge is 0.323 e. The Morgan fingerprint density at radius 1 is 1.24 bits per heavy atom. The lowest BCUT2D eigenvalue weighted by Crippen LogP contribution is -2.15. The quantitative estimate of drug-likeness (QED) is 0.460. The van der Waals surface area contributed by atoms with Gasteiger partial charge in [0.25, 0.3) is 0 Å². The summed E-state index contributed by atoms with van der Waals surface area (Å²) in [5.41, 5.74) is 2.38. The largest absolute Gasteiger partial charge is 0.463 e. The lowest BCUT2D eigenvalue weighted by Gasteiger charge is -2.09. The van der Waals surface area contributed by atoms with Gasteiger partial charge in [-0.2, -0.15) is 15.0 Å². The van der Waals surface area contributed by atoms with Crippen molar-refractivity contribution in [3.05, 3.63) is 12.2 Å². The maximum atomic E-state index is 5.39. The van der Waals surface area contributed by atoms with Crippen molar-refractivity contribution in [2.45, 2.75) is 33.4 Å². The molecule has 114 valence electrons. The van der Waals surface area contributed by atoms with E-state index in [2.05, 4.69) is 35.9 Å². The molecule has 2 aromatic rings. The summed E-state index contributed by atoms with van der Waals surface area (Å²) < 4.78 is 7.31. The summed E-state index contributed by atoms with van der Waals surface area (Å²) in [6.45, 7) is 5.78. The molecule has 0 aliphatic heterocycles. The summed E-state index contributed by atoms with van der Waals surface area (Å²) in [5.74, 6) is 6.72. The average Bonchev–Trinajstić information content (AvgIpc) is 2.98. The van der Waals surface area contributed by atoms with E-state index in [0.717, 1.165) is 18.8 Å². The maximum Gasteiger partial charge on any atom is 0.323 e. The minimum Gasteiger partial charge on any atom is -0.463 e. The first-order valence-corrected chi connectivity index (χ1v) is 6.72. The average molecular weight is 293 g/mol. The Hall–Kier alpha value is -2.49. The molecule has 21 heavy (non-hydrogen) atoms. The van der Waals surface area contributed by atoms with E-state index in [0.29, 0.717) is 19.1 Å². The molecular formula is C11H19N9O. The number of ether oxygens (including phenoxy) is 1. The van der Waals surface area contributed by atoms with Crippen molar-refractivity contribution in [2.24, 2.45) is 5.84 Å². The molecule has 0 spiro atoms. The molecule has 10 nitrogen and oxygen atoms in total. The van der Waals surface area contributed by atoms with Gasteiger partial charge in [-0.15, -0.1) is 10.2 Å². The monoisotopic (exact) mass is 293 g/mol. The zero-order chi connectivity index (χ0) is 15.1. The van der Waals surface area contributed by atoms with Crippen molar-refractivity contribution in [1.29, 1.82) is 0 Å². The van der Waals surface area contributed by atoms with Gasteiger partial charge in [-0.3, -0.25) is 5.43 Å². The van der Waals surface area contributed by atoms with E-state index in [4.69, 9.17) is 10.6 Å². The van der Waals surface area contributed by atoms with Gasteiger partial charge in [0.1, 0.15) is 6.33 Å². The van der Waals surface area contributed by atoms with Gasteiger partial charge in [-0.25, -0.2) is 5.84 Å². The van der Waals surface area contributed by atoms with Gasteiger partial charge in [-0.1, -0.05) is 6.92 Å². The lowest BCUT2D eigenvalue weighted by molar-refractivity contribution is 0.292. The first-order chi connectivity index (χ1) is 10.3. The normalized spacial score (nSPS) is 10.4. The number of hydrazine groups is 1. The molecule has 0 fully saturated rings. The van der Waals surface area contributed by atoms with E-state index in [1.54, 1.807) is 6.33 Å². The molecule has 2 rings (SSSR count). The first kappa shape index (κ1) is 14.9. The maximum absolute atomic E-state index is 5.39. The van der Waals surface area contributed by atoms with Gasteiger partial charge < -0.3 is 14.6 Å². The predicted molar refractivity (Wildman–Crippen MR) is 76.4 cm³/mol. The predicted octanol–water partition coefficient (Wildman–Crippen LogP) is 0.169. The number of aromatic nitrogens is 6. The topological polar surface area (TPSA) is 129 Å². The van der Waals surface area contributed by atoms with Gasteiger partial charge in [-0.05, 0) is 13.3 Å². The van der Waals surface area contributed by atoms with E-state index in [1.807, 2.05) is 18.4 Å². The Morgan fingerprint density at radius 3 is 2.76 bits per heavy atom. The van der Waals surface area contributed by atoms with Crippen molar-refractivity contribution >= 4 is 11.9 Å². The van der Waals surface area contributed by atoms with Crippen LogP contribution in [0.4, 0.5) is 11.9 Å². The molecule has 0 aromatic carbocycles. The van der Waals surface area contributed by atoms with Crippen LogP contribution in [0, 0.1) is 0 Å². The molecule has 0 bridgehead atoms. The number of aryl methyl sites for hydroxylation is 1. The highest BCUT2D eigenvalue weighted by molar-refractivity contribution is 5.34. The van der Waals surface area contributed by atoms with E-state index in [9.17, 15) is 0 Å². The Morgan fingerprint density at radius 2 is 2.05 bits per heavy atom. The molecule has 0 unspecified atom stereocenters. The molecule has 2 aromatic heterocycles. The third-order valence-corrected chi connectivity index (χ3v) is 2.62. The molecule has 0 radical (unpaired) electrons. The zero-order valence-corrected chi connectivity index (χ0v) is 12.1. The Balaban J connectivity index is 2.07. The van der Waals surface area contributed by atoms with Crippen molar-refractivity contribution in [3.8, 4) is 6.01 Å². The van der Waals surface area contributed by atoms with Crippen LogP contribution in [0.15, 0.2) is 6.33 Å². The molecule has 0 aliphatic carbocycles. The first-order valence-electron chi connectivity index (χ1n) is 6.72. The van der Waals surface area contributed by atoms with Gasteiger partial charge >= 0.3 is 6.01 Å². The summed E-state index contributed by atoms with van der Waals surface area (Å²) in [6.07, 6.45) is 2.53. The minimum atomic E-state index is 0.222. The van der Waals surface area contributed by atoms with Crippen molar-refractivity contribution < 1.29 is 4.74 Å². The number of hydrogen-bond acceptors (Lipinski definition) is 9. The van der Waals surface area contributed by atoms with Crippen molar-refractivity contribution in [3.63, 3.8) is 0 Å². The Labute approximate surface area is 122 Å². The standard InChI is InChI=1S/C11H19N9O/c1-3-5-21-11-16-9(15-10(17-11)18-12)13-6-8-19-14-7-20(8)4-2/h7H,3-6,12H2,1-2H3,(H2,13,15,16,17,18). The highest BCUT2D eigenvalue weighted by atomic mass is 16.5. The molecule has 0 atom stereocenters. The van der Waals surface area contributed by atoms with Crippen molar-refractivity contribution in [2.75, 3.05) is 17.3 Å². The number of rotatable bonds is 8. The fraction of sp³-hybridized carbons (Fsp3) is 0.545. The van der Waals surface area contributed by atoms with E-state index < -0.39 is 0 Å². The van der Waals surface area contributed by atoms with E-state index >= 15 is 0 Å². The molecule has 0 saturated carbocycles. The number of anilines is 2. The summed E-state index contributed by atoms with van der Waals surface area (Å²) >= 11 is 0. The summed E-state index contributed by atoms with van der Waals surface area (Å²) in [5, 5.41) is 10.9. The van der Waals surface area contributed by atoms with Crippen LogP contribution in [0.2, 0.25) is 0 Å². The van der Waals surface area contributed by atoms with Crippen LogP contribution in [0.1, 0.15) is 26.1 Å². The number of nitrogen functional groups attached to an aromatic ring is 1. The second-order valence-electron chi connectivity index (χ2n) is 4.14. The SMILES string of the molecule is CCCOc1nc(NN)nc(NCc2nncn2CC)n1.